The van der Waals surface area contributed by atoms with E-state index in [-0.39, 0.29) is 6.85 Å². The van der Waals surface area contributed by atoms with Crippen molar-refractivity contribution in [2.75, 3.05) is 4.81 Å². The Balaban J connectivity index is 1.34. The van der Waals surface area contributed by atoms with Gasteiger partial charge >= 0.3 is 6.85 Å². The van der Waals surface area contributed by atoms with E-state index >= 15 is 0 Å². The molecule has 3 aliphatic heterocycles. The van der Waals surface area contributed by atoms with Crippen LogP contribution in [0.25, 0.3) is 44.5 Å². The van der Waals surface area contributed by atoms with Crippen molar-refractivity contribution in [2.45, 2.75) is 0 Å². The van der Waals surface area contributed by atoms with Gasteiger partial charge in [-0.05, 0) is 69.8 Å². The number of rotatable bonds is 2. The summed E-state index contributed by atoms with van der Waals surface area (Å²) in [5.74, 6) is 1.90. The lowest BCUT2D eigenvalue weighted by molar-refractivity contribution is 0.487. The lowest BCUT2D eigenvalue weighted by Gasteiger charge is -2.46. The molecule has 39 heavy (non-hydrogen) atoms. The van der Waals surface area contributed by atoms with Crippen LogP contribution in [0.3, 0.4) is 0 Å². The minimum atomic E-state index is 0.0706. The Kier molecular flexibility index (Phi) is 4.17. The second kappa shape index (κ2) is 7.75. The summed E-state index contributed by atoms with van der Waals surface area (Å²) in [6.07, 6.45) is 0. The first kappa shape index (κ1) is 21.0. The van der Waals surface area contributed by atoms with Crippen molar-refractivity contribution in [3.05, 3.63) is 133 Å². The van der Waals surface area contributed by atoms with Crippen LogP contribution in [0.15, 0.2) is 133 Å². The maximum Gasteiger partial charge on any atom is 0.337 e. The molecule has 0 amide bonds. The highest BCUT2D eigenvalue weighted by Crippen LogP contribution is 2.50. The molecule has 0 saturated carbocycles. The highest BCUT2D eigenvalue weighted by molar-refractivity contribution is 6.94. The third kappa shape index (κ3) is 2.87. The van der Waals surface area contributed by atoms with E-state index in [2.05, 4.69) is 138 Å². The van der Waals surface area contributed by atoms with Gasteiger partial charge in [0.25, 0.3) is 0 Å². The van der Waals surface area contributed by atoms with Gasteiger partial charge in [0.2, 0.25) is 0 Å². The number of benzene rings is 6. The van der Waals surface area contributed by atoms with E-state index in [0.717, 1.165) is 11.5 Å². The van der Waals surface area contributed by atoms with Crippen molar-refractivity contribution < 1.29 is 4.74 Å². The molecule has 0 fully saturated rings. The predicted molar refractivity (Wildman–Crippen MR) is 162 cm³/mol. The summed E-state index contributed by atoms with van der Waals surface area (Å²) in [6, 6.07) is 48.1. The fraction of sp³-hybridized carbons (Fsp3) is 0. The van der Waals surface area contributed by atoms with E-state index in [1.54, 1.807) is 0 Å². The van der Waals surface area contributed by atoms with E-state index in [9.17, 15) is 0 Å². The highest BCUT2D eigenvalue weighted by Gasteiger charge is 2.47. The van der Waals surface area contributed by atoms with E-state index in [0.29, 0.717) is 0 Å². The zero-order valence-corrected chi connectivity index (χ0v) is 21.1. The summed E-state index contributed by atoms with van der Waals surface area (Å²) in [5.41, 5.74) is 14.9. The SMILES string of the molecule is c1ccc(-c2ccc3c(c2)-c2cccc4c2B2c5c(cccc5-c5cc(-c6ccccc6)ccc5N23)O4)cc1. The zero-order valence-electron chi connectivity index (χ0n) is 21.1. The Morgan fingerprint density at radius 1 is 0.410 bits per heavy atom. The largest absolute Gasteiger partial charge is 0.458 e. The third-order valence-corrected chi connectivity index (χ3v) is 8.46. The molecule has 6 aromatic rings. The van der Waals surface area contributed by atoms with Gasteiger partial charge < -0.3 is 9.55 Å². The summed E-state index contributed by atoms with van der Waals surface area (Å²) in [6.45, 7) is 0.0706. The molecule has 3 heterocycles. The lowest BCUT2D eigenvalue weighted by atomic mass is 9.42. The summed E-state index contributed by atoms with van der Waals surface area (Å²) in [7, 11) is 0. The van der Waals surface area contributed by atoms with Crippen molar-refractivity contribution >= 4 is 29.1 Å². The van der Waals surface area contributed by atoms with Gasteiger partial charge in [-0.25, -0.2) is 0 Å². The van der Waals surface area contributed by atoms with Gasteiger partial charge in [0, 0.05) is 33.4 Å². The Labute approximate surface area is 227 Å². The smallest absolute Gasteiger partial charge is 0.337 e. The van der Waals surface area contributed by atoms with Crippen LogP contribution in [-0.2, 0) is 0 Å². The molecule has 0 aliphatic carbocycles. The van der Waals surface area contributed by atoms with E-state index in [1.807, 2.05) is 0 Å². The van der Waals surface area contributed by atoms with Gasteiger partial charge in [0.15, 0.2) is 0 Å². The van der Waals surface area contributed by atoms with Crippen molar-refractivity contribution in [1.82, 2.24) is 0 Å². The number of fused-ring (bicyclic) bond motifs is 6. The normalized spacial score (nSPS) is 13.2. The first-order chi connectivity index (χ1) is 19.3. The predicted octanol–water partition coefficient (Wildman–Crippen LogP) is 8.03. The Morgan fingerprint density at radius 3 is 1.38 bits per heavy atom. The van der Waals surface area contributed by atoms with Crippen LogP contribution >= 0.6 is 0 Å². The molecule has 0 radical (unpaired) electrons. The molecule has 3 aliphatic rings. The Morgan fingerprint density at radius 2 is 0.897 bits per heavy atom. The molecule has 0 saturated heterocycles. The van der Waals surface area contributed by atoms with Crippen molar-refractivity contribution in [2.24, 2.45) is 0 Å². The second-order valence-corrected chi connectivity index (χ2v) is 10.5. The zero-order chi connectivity index (χ0) is 25.5. The van der Waals surface area contributed by atoms with E-state index in [1.165, 1.54) is 66.8 Å². The quantitative estimate of drug-likeness (QED) is 0.226. The van der Waals surface area contributed by atoms with Crippen LogP contribution in [0, 0.1) is 0 Å². The van der Waals surface area contributed by atoms with Crippen LogP contribution < -0.4 is 20.5 Å². The van der Waals surface area contributed by atoms with Gasteiger partial charge in [-0.1, -0.05) is 97.1 Å². The molecule has 0 atom stereocenters. The standard InChI is InChI=1S/C36H22BNO/c1-3-9-23(10-4-1)25-17-19-31-29(21-25)27-13-7-15-33-35(27)37-36-28(14-8-16-34(36)39-33)30-22-26(18-20-32(30)38(31)37)24-11-5-2-6-12-24/h1-22H. The average Bonchev–Trinajstić information content (AvgIpc) is 3.01. The maximum atomic E-state index is 6.62. The number of ether oxygens (including phenoxy) is 1. The number of anilines is 2. The summed E-state index contributed by atoms with van der Waals surface area (Å²) >= 11 is 0. The molecule has 0 bridgehead atoms. The molecular weight excluding hydrogens is 473 g/mol. The van der Waals surface area contributed by atoms with Crippen molar-refractivity contribution in [3.63, 3.8) is 0 Å². The van der Waals surface area contributed by atoms with Gasteiger partial charge in [-0.3, -0.25) is 0 Å². The van der Waals surface area contributed by atoms with Crippen molar-refractivity contribution in [1.29, 1.82) is 0 Å². The molecule has 2 nitrogen and oxygen atoms in total. The molecular formula is C36H22BNO. The molecule has 6 aromatic carbocycles. The third-order valence-electron chi connectivity index (χ3n) is 8.46. The summed E-state index contributed by atoms with van der Waals surface area (Å²) in [4.78, 5) is 2.55. The molecule has 0 unspecified atom stereocenters. The first-order valence-corrected chi connectivity index (χ1v) is 13.5. The van der Waals surface area contributed by atoms with Gasteiger partial charge in [0.05, 0.1) is 0 Å². The van der Waals surface area contributed by atoms with Crippen LogP contribution in [0.4, 0.5) is 11.4 Å². The Hall–Kier alpha value is -5.02. The van der Waals surface area contributed by atoms with E-state index in [4.69, 9.17) is 4.74 Å². The minimum Gasteiger partial charge on any atom is -0.458 e. The maximum absolute atomic E-state index is 6.62. The van der Waals surface area contributed by atoms with Gasteiger partial charge in [-0.2, -0.15) is 0 Å². The number of nitrogens with zero attached hydrogens (tertiary/aromatic N) is 1. The lowest BCUT2D eigenvalue weighted by Crippen LogP contribution is -2.61. The number of hydrogen-bond donors (Lipinski definition) is 0. The topological polar surface area (TPSA) is 12.5 Å². The fourth-order valence-electron chi connectivity index (χ4n) is 6.77. The molecule has 0 aromatic heterocycles. The monoisotopic (exact) mass is 495 g/mol. The first-order valence-electron chi connectivity index (χ1n) is 13.5. The summed E-state index contributed by atoms with van der Waals surface area (Å²) < 4.78 is 6.62. The molecule has 3 heteroatoms. The molecule has 9 rings (SSSR count). The van der Waals surface area contributed by atoms with Crippen molar-refractivity contribution in [3.8, 4) is 56.0 Å². The molecule has 0 N–H and O–H groups in total. The fourth-order valence-corrected chi connectivity index (χ4v) is 6.77. The van der Waals surface area contributed by atoms with Gasteiger partial charge in [0.1, 0.15) is 11.5 Å². The van der Waals surface area contributed by atoms with Crippen LogP contribution in [0.2, 0.25) is 0 Å². The second-order valence-electron chi connectivity index (χ2n) is 10.5. The van der Waals surface area contributed by atoms with Crippen LogP contribution in [-0.4, -0.2) is 6.85 Å². The number of hydrogen-bond acceptors (Lipinski definition) is 2. The van der Waals surface area contributed by atoms with Crippen LogP contribution in [0.1, 0.15) is 0 Å². The Bertz CT molecular complexity index is 1810. The average molecular weight is 495 g/mol. The molecule has 0 spiro atoms. The summed E-state index contributed by atoms with van der Waals surface area (Å²) in [5, 5.41) is 0. The van der Waals surface area contributed by atoms with Crippen LogP contribution in [0.5, 0.6) is 11.5 Å². The van der Waals surface area contributed by atoms with E-state index < -0.39 is 0 Å². The highest BCUT2D eigenvalue weighted by atomic mass is 16.5. The van der Waals surface area contributed by atoms with Gasteiger partial charge in [-0.15, -0.1) is 0 Å². The molecule has 180 valence electrons. The minimum absolute atomic E-state index is 0.0706.